The van der Waals surface area contributed by atoms with Crippen molar-refractivity contribution < 1.29 is 0 Å². The highest BCUT2D eigenvalue weighted by atomic mass is 15.2. The summed E-state index contributed by atoms with van der Waals surface area (Å²) in [5.41, 5.74) is 0. The van der Waals surface area contributed by atoms with Crippen LogP contribution in [0.4, 0.5) is 0 Å². The molecule has 1 heterocycles. The number of nitrogens with one attached hydrogen (secondary N) is 1. The smallest absolute Gasteiger partial charge is 0.0192 e. The number of nitrogens with zero attached hydrogens (tertiary/aromatic N) is 1. The summed E-state index contributed by atoms with van der Waals surface area (Å²) in [5.74, 6) is 1.76. The van der Waals surface area contributed by atoms with Crippen molar-refractivity contribution >= 4 is 0 Å². The zero-order valence-corrected chi connectivity index (χ0v) is 11.9. The maximum Gasteiger partial charge on any atom is 0.0192 e. The molecule has 17 heavy (non-hydrogen) atoms. The number of likely N-dealkylation sites (tertiary alicyclic amines) is 1. The van der Waals surface area contributed by atoms with Gasteiger partial charge in [-0.15, -0.1) is 0 Å². The van der Waals surface area contributed by atoms with Gasteiger partial charge in [0.25, 0.3) is 0 Å². The highest BCUT2D eigenvalue weighted by Crippen LogP contribution is 2.23. The summed E-state index contributed by atoms with van der Waals surface area (Å²) in [5, 5.41) is 3.77. The first-order chi connectivity index (χ1) is 8.15. The van der Waals surface area contributed by atoms with Crippen LogP contribution >= 0.6 is 0 Å². The summed E-state index contributed by atoms with van der Waals surface area (Å²) in [6, 6.07) is 1.53. The lowest BCUT2D eigenvalue weighted by Gasteiger charge is -2.39. The van der Waals surface area contributed by atoms with Gasteiger partial charge in [-0.3, -0.25) is 4.90 Å². The van der Waals surface area contributed by atoms with Gasteiger partial charge >= 0.3 is 0 Å². The first-order valence-electron chi connectivity index (χ1n) is 7.62. The molecule has 0 bridgehead atoms. The quantitative estimate of drug-likeness (QED) is 0.810. The van der Waals surface area contributed by atoms with Gasteiger partial charge in [0, 0.05) is 31.7 Å². The average Bonchev–Trinajstić information content (AvgIpc) is 2.77. The van der Waals surface area contributed by atoms with E-state index in [4.69, 9.17) is 0 Å². The Bertz CT molecular complexity index is 213. The minimum atomic E-state index is 0.709. The lowest BCUT2D eigenvalue weighted by molar-refractivity contribution is 0.101. The SMILES string of the molecule is CC1CC(C)CN(C(C)CNC2CCCC2)C1. The fourth-order valence-electron chi connectivity index (χ4n) is 3.67. The highest BCUT2D eigenvalue weighted by Gasteiger charge is 2.25. The van der Waals surface area contributed by atoms with E-state index in [1.165, 1.54) is 51.7 Å². The summed E-state index contributed by atoms with van der Waals surface area (Å²) in [6.45, 7) is 11.0. The van der Waals surface area contributed by atoms with Gasteiger partial charge in [0.05, 0.1) is 0 Å². The maximum absolute atomic E-state index is 3.77. The van der Waals surface area contributed by atoms with E-state index in [2.05, 4.69) is 31.0 Å². The third kappa shape index (κ3) is 3.96. The molecule has 0 aromatic heterocycles. The molecule has 100 valence electrons. The number of hydrogen-bond acceptors (Lipinski definition) is 2. The van der Waals surface area contributed by atoms with E-state index in [1.807, 2.05) is 0 Å². The van der Waals surface area contributed by atoms with Crippen LogP contribution < -0.4 is 5.32 Å². The van der Waals surface area contributed by atoms with Crippen LogP contribution in [0.5, 0.6) is 0 Å². The van der Waals surface area contributed by atoms with E-state index in [0.717, 1.165) is 17.9 Å². The molecule has 3 atom stereocenters. The van der Waals surface area contributed by atoms with Gasteiger partial charge < -0.3 is 5.32 Å². The molecule has 2 rings (SSSR count). The fraction of sp³-hybridized carbons (Fsp3) is 1.00. The highest BCUT2D eigenvalue weighted by molar-refractivity contribution is 4.81. The van der Waals surface area contributed by atoms with Gasteiger partial charge in [0.15, 0.2) is 0 Å². The van der Waals surface area contributed by atoms with Crippen LogP contribution in [-0.2, 0) is 0 Å². The zero-order valence-electron chi connectivity index (χ0n) is 11.9. The Kier molecular flexibility index (Phi) is 4.87. The first-order valence-corrected chi connectivity index (χ1v) is 7.62. The van der Waals surface area contributed by atoms with Crippen molar-refractivity contribution in [2.45, 2.75) is 65.0 Å². The Hall–Kier alpha value is -0.0800. The minimum absolute atomic E-state index is 0.709. The molecule has 2 fully saturated rings. The van der Waals surface area contributed by atoms with Gasteiger partial charge in [0.2, 0.25) is 0 Å². The Labute approximate surface area is 107 Å². The lowest BCUT2D eigenvalue weighted by atomic mass is 9.91. The molecule has 0 radical (unpaired) electrons. The molecule has 0 aromatic carbocycles. The molecular weight excluding hydrogens is 208 g/mol. The van der Waals surface area contributed by atoms with E-state index < -0.39 is 0 Å². The van der Waals surface area contributed by atoms with Crippen molar-refractivity contribution in [2.24, 2.45) is 11.8 Å². The molecule has 1 aliphatic heterocycles. The van der Waals surface area contributed by atoms with Gasteiger partial charge in [-0.1, -0.05) is 26.7 Å². The van der Waals surface area contributed by atoms with Gasteiger partial charge in [0.1, 0.15) is 0 Å². The largest absolute Gasteiger partial charge is 0.312 e. The predicted molar refractivity (Wildman–Crippen MR) is 74.2 cm³/mol. The summed E-state index contributed by atoms with van der Waals surface area (Å²) >= 11 is 0. The minimum Gasteiger partial charge on any atom is -0.312 e. The topological polar surface area (TPSA) is 15.3 Å². The van der Waals surface area contributed by atoms with Crippen molar-refractivity contribution in [1.82, 2.24) is 10.2 Å². The van der Waals surface area contributed by atoms with Crippen LogP contribution in [0.2, 0.25) is 0 Å². The Morgan fingerprint density at radius 1 is 1.12 bits per heavy atom. The molecule has 0 spiro atoms. The van der Waals surface area contributed by atoms with Crippen LogP contribution in [0.3, 0.4) is 0 Å². The maximum atomic E-state index is 3.77. The Morgan fingerprint density at radius 2 is 1.71 bits per heavy atom. The van der Waals surface area contributed by atoms with Crippen molar-refractivity contribution in [1.29, 1.82) is 0 Å². The molecule has 3 unspecified atom stereocenters. The monoisotopic (exact) mass is 238 g/mol. The van der Waals surface area contributed by atoms with Crippen LogP contribution in [0, 0.1) is 11.8 Å². The summed E-state index contributed by atoms with van der Waals surface area (Å²) < 4.78 is 0. The summed E-state index contributed by atoms with van der Waals surface area (Å²) in [4.78, 5) is 2.70. The van der Waals surface area contributed by atoms with Gasteiger partial charge in [-0.05, 0) is 38.0 Å². The van der Waals surface area contributed by atoms with Crippen LogP contribution in [0.1, 0.15) is 52.9 Å². The molecule has 1 saturated carbocycles. The summed E-state index contributed by atoms with van der Waals surface area (Å²) in [6.07, 6.45) is 7.09. The second-order valence-corrected chi connectivity index (χ2v) is 6.64. The predicted octanol–water partition coefficient (Wildman–Crippen LogP) is 2.89. The van der Waals surface area contributed by atoms with Crippen molar-refractivity contribution in [3.8, 4) is 0 Å². The number of rotatable bonds is 4. The molecular formula is C15H30N2. The van der Waals surface area contributed by atoms with Gasteiger partial charge in [-0.2, -0.15) is 0 Å². The first kappa shape index (κ1) is 13.4. The Balaban J connectivity index is 1.72. The second-order valence-electron chi connectivity index (χ2n) is 6.64. The van der Waals surface area contributed by atoms with E-state index in [9.17, 15) is 0 Å². The molecule has 1 aliphatic carbocycles. The van der Waals surface area contributed by atoms with E-state index in [0.29, 0.717) is 6.04 Å². The van der Waals surface area contributed by atoms with E-state index >= 15 is 0 Å². The normalized spacial score (nSPS) is 34.1. The van der Waals surface area contributed by atoms with Crippen molar-refractivity contribution in [3.05, 3.63) is 0 Å². The third-order valence-corrected chi connectivity index (χ3v) is 4.58. The van der Waals surface area contributed by atoms with Crippen LogP contribution in [0.25, 0.3) is 0 Å². The summed E-state index contributed by atoms with van der Waals surface area (Å²) in [7, 11) is 0. The Morgan fingerprint density at radius 3 is 2.29 bits per heavy atom. The molecule has 1 saturated heterocycles. The van der Waals surface area contributed by atoms with E-state index in [-0.39, 0.29) is 0 Å². The number of piperidine rings is 1. The van der Waals surface area contributed by atoms with Crippen molar-refractivity contribution in [3.63, 3.8) is 0 Å². The molecule has 0 amide bonds. The number of hydrogen-bond donors (Lipinski definition) is 1. The van der Waals surface area contributed by atoms with Gasteiger partial charge in [-0.25, -0.2) is 0 Å². The van der Waals surface area contributed by atoms with E-state index in [1.54, 1.807) is 0 Å². The third-order valence-electron chi connectivity index (χ3n) is 4.58. The zero-order chi connectivity index (χ0) is 12.3. The lowest BCUT2D eigenvalue weighted by Crippen LogP contribution is -2.48. The van der Waals surface area contributed by atoms with Crippen LogP contribution in [-0.4, -0.2) is 36.6 Å². The fourth-order valence-corrected chi connectivity index (χ4v) is 3.67. The molecule has 2 nitrogen and oxygen atoms in total. The standard InChI is InChI=1S/C15H30N2/c1-12-8-13(2)11-17(10-12)14(3)9-16-15-6-4-5-7-15/h12-16H,4-11H2,1-3H3. The van der Waals surface area contributed by atoms with Crippen LogP contribution in [0.15, 0.2) is 0 Å². The molecule has 0 aromatic rings. The van der Waals surface area contributed by atoms with Crippen molar-refractivity contribution in [2.75, 3.05) is 19.6 Å². The molecule has 1 N–H and O–H groups in total. The molecule has 2 heteroatoms. The second kappa shape index (κ2) is 6.19. The molecule has 2 aliphatic rings. The average molecular weight is 238 g/mol.